The maximum Gasteiger partial charge on any atom is 0.227 e. The number of allylic oxidation sites excluding steroid dienone is 1. The summed E-state index contributed by atoms with van der Waals surface area (Å²) in [6, 6.07) is 21.1. The molecule has 3 aromatic rings. The van der Waals surface area contributed by atoms with Gasteiger partial charge in [-0.1, -0.05) is 54.1 Å². The lowest BCUT2D eigenvalue weighted by Crippen LogP contribution is -2.41. The van der Waals surface area contributed by atoms with Crippen molar-refractivity contribution in [3.05, 3.63) is 112 Å². The van der Waals surface area contributed by atoms with Crippen molar-refractivity contribution in [1.82, 2.24) is 0 Å². The van der Waals surface area contributed by atoms with E-state index in [0.29, 0.717) is 29.4 Å². The maximum atomic E-state index is 13.9. The average Bonchev–Trinajstić information content (AvgIpc) is 3.22. The van der Waals surface area contributed by atoms with E-state index in [0.717, 1.165) is 11.1 Å². The zero-order chi connectivity index (χ0) is 22.6. The smallest absolute Gasteiger partial charge is 0.227 e. The van der Waals surface area contributed by atoms with Crippen LogP contribution in [0, 0.1) is 5.82 Å². The molecule has 0 saturated carbocycles. The van der Waals surface area contributed by atoms with E-state index in [1.807, 2.05) is 54.6 Å². The largest absolute Gasteiger partial charge is 0.489 e. The molecule has 0 aliphatic carbocycles. The fourth-order valence-corrected chi connectivity index (χ4v) is 4.23. The minimum Gasteiger partial charge on any atom is -0.489 e. The third-order valence-corrected chi connectivity index (χ3v) is 5.69. The van der Waals surface area contributed by atoms with E-state index in [9.17, 15) is 9.18 Å². The van der Waals surface area contributed by atoms with Gasteiger partial charge >= 0.3 is 0 Å². The number of nitrogens with two attached hydrogens (primary N) is 1. The number of halogens is 2. The van der Waals surface area contributed by atoms with Gasteiger partial charge in [-0.2, -0.15) is 0 Å². The van der Waals surface area contributed by atoms with Gasteiger partial charge in [0.25, 0.3) is 0 Å². The lowest BCUT2D eigenvalue weighted by molar-refractivity contribution is -0.120. The molecule has 2 N–H and O–H groups in total. The summed E-state index contributed by atoms with van der Waals surface area (Å²) in [5.74, 6) is -1.06. The van der Waals surface area contributed by atoms with Crippen LogP contribution in [-0.4, -0.2) is 17.7 Å². The zero-order valence-electron chi connectivity index (χ0n) is 17.2. The molecule has 0 saturated heterocycles. The van der Waals surface area contributed by atoms with Crippen molar-refractivity contribution in [2.24, 2.45) is 10.7 Å². The van der Waals surface area contributed by atoms with E-state index < -0.39 is 23.2 Å². The van der Waals surface area contributed by atoms with Gasteiger partial charge in [0.2, 0.25) is 5.91 Å². The summed E-state index contributed by atoms with van der Waals surface area (Å²) in [5.41, 5.74) is 7.28. The molecule has 6 heteroatoms. The van der Waals surface area contributed by atoms with E-state index in [4.69, 9.17) is 22.1 Å². The third kappa shape index (κ3) is 4.89. The number of carbonyl (C=O) groups is 1. The molecule has 1 aliphatic heterocycles. The number of primary amides is 1. The van der Waals surface area contributed by atoms with E-state index in [-0.39, 0.29) is 0 Å². The molecule has 1 heterocycles. The molecule has 0 aromatic heterocycles. The van der Waals surface area contributed by atoms with Gasteiger partial charge in [-0.15, -0.1) is 0 Å². The van der Waals surface area contributed by atoms with Crippen molar-refractivity contribution >= 4 is 23.7 Å². The predicted octanol–water partition coefficient (Wildman–Crippen LogP) is 5.25. The van der Waals surface area contributed by atoms with Crippen LogP contribution in [0.4, 0.5) is 4.39 Å². The first-order valence-corrected chi connectivity index (χ1v) is 10.6. The summed E-state index contributed by atoms with van der Waals surface area (Å²) >= 11 is 6.02. The Labute approximate surface area is 191 Å². The summed E-state index contributed by atoms with van der Waals surface area (Å²) in [7, 11) is 0. The highest BCUT2D eigenvalue weighted by Crippen LogP contribution is 2.38. The highest BCUT2D eigenvalue weighted by atomic mass is 35.5. The summed E-state index contributed by atoms with van der Waals surface area (Å²) in [5, 5.41) is 0.666. The lowest BCUT2D eigenvalue weighted by atomic mass is 9.75. The molecule has 1 amide bonds. The summed E-state index contributed by atoms with van der Waals surface area (Å²) in [6.07, 6.45) is 5.73. The second kappa shape index (κ2) is 9.37. The molecule has 0 bridgehead atoms. The lowest BCUT2D eigenvalue weighted by Gasteiger charge is -2.32. The number of benzene rings is 3. The van der Waals surface area contributed by atoms with Gasteiger partial charge in [-0.05, 0) is 59.2 Å². The molecule has 162 valence electrons. The number of rotatable bonds is 8. The number of aliphatic imine (C=N–C) groups is 1. The van der Waals surface area contributed by atoms with E-state index in [1.165, 1.54) is 12.1 Å². The topological polar surface area (TPSA) is 64.7 Å². The van der Waals surface area contributed by atoms with Crippen LogP contribution < -0.4 is 10.5 Å². The van der Waals surface area contributed by atoms with Gasteiger partial charge in [-0.3, -0.25) is 9.79 Å². The first kappa shape index (κ1) is 21.8. The first-order chi connectivity index (χ1) is 15.4. The molecule has 2 unspecified atom stereocenters. The van der Waals surface area contributed by atoms with Crippen LogP contribution in [0.1, 0.15) is 22.6 Å². The standard InChI is InChI=1S/C26H22ClFN2O2/c27-21-6-1-4-19(14-21)17-32-23-10-8-18(9-11-23)16-26(12-3-13-30-26)24(25(29)31)20-5-2-7-22(28)15-20/h1-15,24H,16-17H2,(H2,29,31). The molecular formula is C26H22ClFN2O2. The summed E-state index contributed by atoms with van der Waals surface area (Å²) in [6.45, 7) is 0.403. The summed E-state index contributed by atoms with van der Waals surface area (Å²) in [4.78, 5) is 17.0. The second-order valence-corrected chi connectivity index (χ2v) is 8.19. The molecule has 2 atom stereocenters. The number of hydrogen-bond donors (Lipinski definition) is 1. The van der Waals surface area contributed by atoms with Crippen molar-refractivity contribution in [3.8, 4) is 5.75 Å². The molecule has 0 spiro atoms. The number of carbonyl (C=O) groups excluding carboxylic acids is 1. The molecular weight excluding hydrogens is 427 g/mol. The van der Waals surface area contributed by atoms with Gasteiger partial charge in [0.15, 0.2) is 0 Å². The average molecular weight is 449 g/mol. The summed E-state index contributed by atoms with van der Waals surface area (Å²) < 4.78 is 19.7. The number of ether oxygens (including phenoxy) is 1. The molecule has 32 heavy (non-hydrogen) atoms. The first-order valence-electron chi connectivity index (χ1n) is 10.2. The molecule has 4 nitrogen and oxygen atoms in total. The molecule has 3 aromatic carbocycles. The van der Waals surface area contributed by atoms with Gasteiger partial charge in [-0.25, -0.2) is 4.39 Å². The van der Waals surface area contributed by atoms with Crippen LogP contribution in [0.3, 0.4) is 0 Å². The Morgan fingerprint density at radius 3 is 2.50 bits per heavy atom. The van der Waals surface area contributed by atoms with Gasteiger partial charge in [0, 0.05) is 17.7 Å². The van der Waals surface area contributed by atoms with E-state index in [2.05, 4.69) is 4.99 Å². The number of amides is 1. The number of nitrogens with zero attached hydrogens (tertiary/aromatic N) is 1. The van der Waals surface area contributed by atoms with Crippen LogP contribution >= 0.6 is 11.6 Å². The van der Waals surface area contributed by atoms with Crippen molar-refractivity contribution in [3.63, 3.8) is 0 Å². The van der Waals surface area contributed by atoms with Crippen LogP contribution in [0.15, 0.2) is 89.9 Å². The van der Waals surface area contributed by atoms with Crippen molar-refractivity contribution in [2.45, 2.75) is 24.5 Å². The van der Waals surface area contributed by atoms with Crippen LogP contribution in [-0.2, 0) is 17.8 Å². The van der Waals surface area contributed by atoms with Gasteiger partial charge < -0.3 is 10.5 Å². The Bertz CT molecular complexity index is 1160. The van der Waals surface area contributed by atoms with Crippen LogP contribution in [0.25, 0.3) is 0 Å². The molecule has 1 aliphatic rings. The van der Waals surface area contributed by atoms with Gasteiger partial charge in [0.1, 0.15) is 18.2 Å². The predicted molar refractivity (Wildman–Crippen MR) is 125 cm³/mol. The SMILES string of the molecule is NC(=O)C(c1cccc(F)c1)C1(Cc2ccc(OCc3cccc(Cl)c3)cc2)C=CC=N1. The Balaban J connectivity index is 1.53. The fraction of sp³-hybridized carbons (Fsp3) is 0.154. The Kier molecular flexibility index (Phi) is 6.37. The number of hydrogen-bond acceptors (Lipinski definition) is 3. The molecule has 0 radical (unpaired) electrons. The van der Waals surface area contributed by atoms with Crippen molar-refractivity contribution < 1.29 is 13.9 Å². The van der Waals surface area contributed by atoms with Crippen LogP contribution in [0.2, 0.25) is 5.02 Å². The maximum absolute atomic E-state index is 13.9. The van der Waals surface area contributed by atoms with Crippen molar-refractivity contribution in [1.29, 1.82) is 0 Å². The van der Waals surface area contributed by atoms with E-state index >= 15 is 0 Å². The Hall–Kier alpha value is -3.44. The third-order valence-electron chi connectivity index (χ3n) is 5.46. The highest BCUT2D eigenvalue weighted by Gasteiger charge is 2.42. The minimum atomic E-state index is -0.914. The quantitative estimate of drug-likeness (QED) is 0.511. The molecule has 0 fully saturated rings. The van der Waals surface area contributed by atoms with Crippen LogP contribution in [0.5, 0.6) is 5.75 Å². The Morgan fingerprint density at radius 1 is 1.06 bits per heavy atom. The fourth-order valence-electron chi connectivity index (χ4n) is 4.02. The normalized spacial score (nSPS) is 17.9. The second-order valence-electron chi connectivity index (χ2n) is 7.76. The zero-order valence-corrected chi connectivity index (χ0v) is 18.0. The monoisotopic (exact) mass is 448 g/mol. The molecule has 4 rings (SSSR count). The highest BCUT2D eigenvalue weighted by molar-refractivity contribution is 6.30. The van der Waals surface area contributed by atoms with E-state index in [1.54, 1.807) is 24.4 Å². The Morgan fingerprint density at radius 2 is 1.84 bits per heavy atom. The van der Waals surface area contributed by atoms with Gasteiger partial charge in [0.05, 0.1) is 11.5 Å². The minimum absolute atomic E-state index is 0.403. The van der Waals surface area contributed by atoms with Crippen molar-refractivity contribution in [2.75, 3.05) is 0 Å².